The van der Waals surface area contributed by atoms with Gasteiger partial charge in [-0.15, -0.1) is 0 Å². The van der Waals surface area contributed by atoms with E-state index in [-0.39, 0.29) is 24.3 Å². The molecule has 1 aromatic heterocycles. The lowest BCUT2D eigenvalue weighted by atomic mass is 9.94. The van der Waals surface area contributed by atoms with Gasteiger partial charge in [0.1, 0.15) is 6.54 Å². The van der Waals surface area contributed by atoms with Gasteiger partial charge in [-0.25, -0.2) is 0 Å². The normalized spacial score (nSPS) is 20.0. The third-order valence-corrected chi connectivity index (χ3v) is 5.14. The van der Waals surface area contributed by atoms with Gasteiger partial charge >= 0.3 is 0 Å². The molecule has 6 nitrogen and oxygen atoms in total. The van der Waals surface area contributed by atoms with Gasteiger partial charge in [0.25, 0.3) is 5.91 Å². The predicted molar refractivity (Wildman–Crippen MR) is 93.1 cm³/mol. The summed E-state index contributed by atoms with van der Waals surface area (Å²) in [4.78, 5) is 28.7. The maximum atomic E-state index is 12.7. The van der Waals surface area contributed by atoms with E-state index in [1.54, 1.807) is 4.90 Å². The van der Waals surface area contributed by atoms with Gasteiger partial charge < -0.3 is 9.80 Å². The van der Waals surface area contributed by atoms with E-state index in [0.717, 1.165) is 41.9 Å². The zero-order valence-electron chi connectivity index (χ0n) is 14.4. The fourth-order valence-electron chi connectivity index (χ4n) is 3.80. The Balaban J connectivity index is 1.41. The molecule has 1 atom stereocenters. The summed E-state index contributed by atoms with van der Waals surface area (Å²) >= 11 is 0. The molecule has 2 amide bonds. The molecule has 25 heavy (non-hydrogen) atoms. The van der Waals surface area contributed by atoms with E-state index >= 15 is 0 Å². The van der Waals surface area contributed by atoms with Crippen LogP contribution in [0, 0.1) is 6.92 Å². The van der Waals surface area contributed by atoms with Crippen LogP contribution in [-0.2, 0) is 11.3 Å². The summed E-state index contributed by atoms with van der Waals surface area (Å²) in [5.41, 5.74) is 3.79. The first-order valence-electron chi connectivity index (χ1n) is 8.78. The van der Waals surface area contributed by atoms with Crippen molar-refractivity contribution in [1.82, 2.24) is 20.0 Å². The molecule has 0 bridgehead atoms. The first-order chi connectivity index (χ1) is 12.1. The highest BCUT2D eigenvalue weighted by atomic mass is 16.2. The number of aromatic nitrogens is 2. The van der Waals surface area contributed by atoms with Crippen molar-refractivity contribution >= 4 is 11.8 Å². The minimum atomic E-state index is -0.0413. The van der Waals surface area contributed by atoms with Crippen molar-refractivity contribution in [1.29, 1.82) is 0 Å². The van der Waals surface area contributed by atoms with Crippen LogP contribution in [0.1, 0.15) is 46.1 Å². The zero-order valence-corrected chi connectivity index (χ0v) is 14.4. The number of amides is 2. The monoisotopic (exact) mass is 338 g/mol. The smallest absolute Gasteiger partial charge is 0.254 e. The number of carbonyl (C=O) groups is 2. The zero-order chi connectivity index (χ0) is 17.4. The molecule has 1 N–H and O–H groups in total. The van der Waals surface area contributed by atoms with E-state index in [4.69, 9.17) is 0 Å². The summed E-state index contributed by atoms with van der Waals surface area (Å²) in [6.07, 6.45) is 2.01. The molecule has 6 heteroatoms. The van der Waals surface area contributed by atoms with Crippen LogP contribution in [0.4, 0.5) is 0 Å². The maximum absolute atomic E-state index is 12.7. The standard InChI is InChI=1S/C19H22N4O2/c1-13-9-17(21-20-13)15-6-4-8-22(11-15)18(24)12-23-10-14-5-2-3-7-16(14)19(23)25/h2-3,5,7,9,15H,4,6,8,10-12H2,1H3,(H,20,21)/t15-/m0/s1. The number of piperidine rings is 1. The average Bonchev–Trinajstić information content (AvgIpc) is 3.20. The molecular weight excluding hydrogens is 316 g/mol. The van der Waals surface area contributed by atoms with E-state index < -0.39 is 0 Å². The van der Waals surface area contributed by atoms with Crippen molar-refractivity contribution in [3.8, 4) is 0 Å². The Labute approximate surface area is 146 Å². The summed E-state index contributed by atoms with van der Waals surface area (Å²) in [6, 6.07) is 9.63. The molecule has 2 aliphatic heterocycles. The number of nitrogens with one attached hydrogen (secondary N) is 1. The lowest BCUT2D eigenvalue weighted by molar-refractivity contribution is -0.133. The molecule has 1 saturated heterocycles. The predicted octanol–water partition coefficient (Wildman–Crippen LogP) is 2.08. The van der Waals surface area contributed by atoms with Crippen molar-refractivity contribution in [2.45, 2.75) is 32.2 Å². The van der Waals surface area contributed by atoms with E-state index in [9.17, 15) is 9.59 Å². The molecule has 0 radical (unpaired) electrons. The fourth-order valence-corrected chi connectivity index (χ4v) is 3.80. The molecule has 130 valence electrons. The number of carbonyl (C=O) groups excluding carboxylic acids is 2. The molecule has 0 aliphatic carbocycles. The van der Waals surface area contributed by atoms with Crippen molar-refractivity contribution in [2.75, 3.05) is 19.6 Å². The second-order valence-corrected chi connectivity index (χ2v) is 6.97. The van der Waals surface area contributed by atoms with Gasteiger partial charge in [-0.3, -0.25) is 14.7 Å². The molecular formula is C19H22N4O2. The van der Waals surface area contributed by atoms with Gasteiger partial charge in [0, 0.05) is 36.8 Å². The van der Waals surface area contributed by atoms with Crippen LogP contribution in [0.15, 0.2) is 30.3 Å². The second-order valence-electron chi connectivity index (χ2n) is 6.97. The van der Waals surface area contributed by atoms with Crippen LogP contribution in [0.5, 0.6) is 0 Å². The van der Waals surface area contributed by atoms with Gasteiger partial charge in [0.15, 0.2) is 0 Å². The quantitative estimate of drug-likeness (QED) is 0.931. The number of rotatable bonds is 3. The van der Waals surface area contributed by atoms with Gasteiger partial charge in [-0.1, -0.05) is 18.2 Å². The van der Waals surface area contributed by atoms with Gasteiger partial charge in [-0.2, -0.15) is 5.10 Å². The number of hydrogen-bond acceptors (Lipinski definition) is 3. The molecule has 1 fully saturated rings. The molecule has 3 heterocycles. The number of aromatic amines is 1. The van der Waals surface area contributed by atoms with E-state index in [1.807, 2.05) is 36.1 Å². The Hall–Kier alpha value is -2.63. The van der Waals surface area contributed by atoms with Crippen LogP contribution >= 0.6 is 0 Å². The number of nitrogens with zero attached hydrogens (tertiary/aromatic N) is 3. The van der Waals surface area contributed by atoms with Crippen LogP contribution < -0.4 is 0 Å². The summed E-state index contributed by atoms with van der Waals surface area (Å²) < 4.78 is 0. The van der Waals surface area contributed by atoms with E-state index in [2.05, 4.69) is 16.3 Å². The highest BCUT2D eigenvalue weighted by Crippen LogP contribution is 2.27. The van der Waals surface area contributed by atoms with Crippen molar-refractivity contribution in [2.24, 2.45) is 0 Å². The summed E-state index contributed by atoms with van der Waals surface area (Å²) in [5, 5.41) is 7.33. The van der Waals surface area contributed by atoms with E-state index in [0.29, 0.717) is 13.1 Å². The summed E-state index contributed by atoms with van der Waals surface area (Å²) in [6.45, 7) is 4.10. The molecule has 0 unspecified atom stereocenters. The molecule has 2 aliphatic rings. The Morgan fingerprint density at radius 1 is 1.36 bits per heavy atom. The third-order valence-electron chi connectivity index (χ3n) is 5.14. The van der Waals surface area contributed by atoms with Crippen molar-refractivity contribution in [3.63, 3.8) is 0 Å². The first-order valence-corrected chi connectivity index (χ1v) is 8.78. The SMILES string of the molecule is Cc1cc([C@H]2CCCN(C(=O)CN3Cc4ccccc4C3=O)C2)n[nH]1. The highest BCUT2D eigenvalue weighted by Gasteiger charge is 2.31. The molecule has 0 spiro atoms. The summed E-state index contributed by atoms with van der Waals surface area (Å²) in [7, 11) is 0. The lowest BCUT2D eigenvalue weighted by Crippen LogP contribution is -2.44. The van der Waals surface area contributed by atoms with Crippen LogP contribution in [0.3, 0.4) is 0 Å². The largest absolute Gasteiger partial charge is 0.340 e. The Morgan fingerprint density at radius 3 is 2.96 bits per heavy atom. The lowest BCUT2D eigenvalue weighted by Gasteiger charge is -2.33. The van der Waals surface area contributed by atoms with Crippen LogP contribution in [-0.4, -0.2) is 51.4 Å². The number of H-pyrrole nitrogens is 1. The average molecular weight is 338 g/mol. The second kappa shape index (κ2) is 6.35. The maximum Gasteiger partial charge on any atom is 0.254 e. The van der Waals surface area contributed by atoms with Crippen molar-refractivity contribution < 1.29 is 9.59 Å². The van der Waals surface area contributed by atoms with Gasteiger partial charge in [0.2, 0.25) is 5.91 Å². The van der Waals surface area contributed by atoms with Gasteiger partial charge in [-0.05, 0) is 37.5 Å². The number of aryl methyl sites for hydroxylation is 1. The minimum absolute atomic E-state index is 0.0260. The molecule has 1 aromatic carbocycles. The minimum Gasteiger partial charge on any atom is -0.340 e. The Morgan fingerprint density at radius 2 is 2.20 bits per heavy atom. The number of likely N-dealkylation sites (tertiary alicyclic amines) is 1. The van der Waals surface area contributed by atoms with E-state index in [1.165, 1.54) is 0 Å². The number of benzene rings is 1. The fraction of sp³-hybridized carbons (Fsp3) is 0.421. The van der Waals surface area contributed by atoms with Gasteiger partial charge in [0.05, 0.1) is 5.69 Å². The highest BCUT2D eigenvalue weighted by molar-refractivity contribution is 6.00. The number of fused-ring (bicyclic) bond motifs is 1. The Bertz CT molecular complexity index is 813. The number of hydrogen-bond donors (Lipinski definition) is 1. The molecule has 0 saturated carbocycles. The van der Waals surface area contributed by atoms with Crippen molar-refractivity contribution in [3.05, 3.63) is 52.8 Å². The summed E-state index contributed by atoms with van der Waals surface area (Å²) in [5.74, 6) is 0.257. The third kappa shape index (κ3) is 3.04. The van der Waals surface area contributed by atoms with Crippen LogP contribution in [0.25, 0.3) is 0 Å². The molecule has 2 aromatic rings. The molecule has 4 rings (SSSR count). The van der Waals surface area contributed by atoms with Crippen LogP contribution in [0.2, 0.25) is 0 Å². The first kappa shape index (κ1) is 15.9. The topological polar surface area (TPSA) is 69.3 Å². The Kier molecular flexibility index (Phi) is 4.03.